The first-order valence-electron chi connectivity index (χ1n) is 7.26. The van der Waals surface area contributed by atoms with E-state index in [9.17, 15) is 4.79 Å². The molecule has 0 atom stereocenters. The van der Waals surface area contributed by atoms with Gasteiger partial charge >= 0.3 is 0 Å². The van der Waals surface area contributed by atoms with E-state index in [1.807, 2.05) is 45.0 Å². The predicted octanol–water partition coefficient (Wildman–Crippen LogP) is 5.00. The molecule has 0 saturated carbocycles. The Labute approximate surface area is 144 Å². The zero-order chi connectivity index (χ0) is 16.5. The molecular weight excluding hydrogens is 360 g/mol. The van der Waals surface area contributed by atoms with Gasteiger partial charge in [-0.15, -0.1) is 11.3 Å². The lowest BCUT2D eigenvalue weighted by molar-refractivity contribution is 0.0915. The number of rotatable bonds is 4. The minimum atomic E-state index is -0.438. The van der Waals surface area contributed by atoms with Crippen molar-refractivity contribution in [1.82, 2.24) is 10.3 Å². The van der Waals surface area contributed by atoms with Gasteiger partial charge in [0.15, 0.2) is 0 Å². The molecular formula is C17H21BrN2OS. The summed E-state index contributed by atoms with van der Waals surface area (Å²) in [5.74, 6) is 0.277. The van der Waals surface area contributed by atoms with E-state index in [4.69, 9.17) is 0 Å². The largest absolute Gasteiger partial charge is 0.342 e. The summed E-state index contributed by atoms with van der Waals surface area (Å²) in [6.45, 7) is 10.1. The fraction of sp³-hybridized carbons (Fsp3) is 0.412. The van der Waals surface area contributed by atoms with Crippen molar-refractivity contribution in [1.29, 1.82) is 0 Å². The predicted molar refractivity (Wildman–Crippen MR) is 95.6 cm³/mol. The molecule has 22 heavy (non-hydrogen) atoms. The first-order valence-corrected chi connectivity index (χ1v) is 8.87. The number of carbonyl (C=O) groups excluding carboxylic acids is 1. The van der Waals surface area contributed by atoms with Crippen LogP contribution in [0.15, 0.2) is 28.7 Å². The molecule has 1 heterocycles. The van der Waals surface area contributed by atoms with E-state index in [0.717, 1.165) is 20.7 Å². The lowest BCUT2D eigenvalue weighted by Crippen LogP contribution is -2.40. The van der Waals surface area contributed by atoms with Crippen molar-refractivity contribution >= 4 is 33.2 Å². The van der Waals surface area contributed by atoms with Crippen LogP contribution in [0.5, 0.6) is 0 Å². The van der Waals surface area contributed by atoms with E-state index in [0.29, 0.717) is 10.8 Å². The third-order valence-corrected chi connectivity index (χ3v) is 5.49. The molecule has 1 N–H and O–H groups in total. The number of amides is 1. The molecule has 1 amide bonds. The van der Waals surface area contributed by atoms with Crippen LogP contribution >= 0.6 is 27.3 Å². The maximum atomic E-state index is 12.6. The van der Waals surface area contributed by atoms with Gasteiger partial charge in [-0.3, -0.25) is 4.79 Å². The van der Waals surface area contributed by atoms with Gasteiger partial charge in [-0.1, -0.05) is 41.9 Å². The van der Waals surface area contributed by atoms with Gasteiger partial charge in [0.2, 0.25) is 0 Å². The number of thiazole rings is 1. The van der Waals surface area contributed by atoms with Gasteiger partial charge in [-0.05, 0) is 38.5 Å². The number of hydrogen-bond donors (Lipinski definition) is 1. The van der Waals surface area contributed by atoms with E-state index in [2.05, 4.69) is 40.1 Å². The summed E-state index contributed by atoms with van der Waals surface area (Å²) in [5.41, 5.74) is 1.43. The van der Waals surface area contributed by atoms with E-state index in [1.54, 1.807) is 0 Å². The van der Waals surface area contributed by atoms with Gasteiger partial charge in [0.1, 0.15) is 4.88 Å². The topological polar surface area (TPSA) is 42.0 Å². The molecule has 0 aliphatic heterocycles. The Morgan fingerprint density at radius 1 is 1.27 bits per heavy atom. The SMILES string of the molecule is Cc1nc(C(C)C)sc1C(=O)NC(C)(C)c1ccc(Br)cc1. The fourth-order valence-corrected chi connectivity index (χ4v) is 3.38. The molecule has 2 rings (SSSR count). The molecule has 0 radical (unpaired) electrons. The van der Waals surface area contributed by atoms with Crippen LogP contribution in [0.25, 0.3) is 0 Å². The zero-order valence-electron chi connectivity index (χ0n) is 13.5. The second-order valence-electron chi connectivity index (χ2n) is 6.21. The maximum absolute atomic E-state index is 12.6. The zero-order valence-corrected chi connectivity index (χ0v) is 15.9. The van der Waals surface area contributed by atoms with Crippen LogP contribution in [0, 0.1) is 6.92 Å². The van der Waals surface area contributed by atoms with Crippen LogP contribution in [-0.4, -0.2) is 10.9 Å². The molecule has 0 unspecified atom stereocenters. The Hall–Kier alpha value is -1.20. The number of aromatic nitrogens is 1. The smallest absolute Gasteiger partial charge is 0.263 e. The lowest BCUT2D eigenvalue weighted by Gasteiger charge is -2.26. The molecule has 0 saturated heterocycles. The molecule has 0 aliphatic rings. The summed E-state index contributed by atoms with van der Waals surface area (Å²) in [7, 11) is 0. The summed E-state index contributed by atoms with van der Waals surface area (Å²) in [6, 6.07) is 8.00. The first kappa shape index (κ1) is 17.2. The van der Waals surface area contributed by atoms with Gasteiger partial charge in [0.25, 0.3) is 5.91 Å². The molecule has 0 bridgehead atoms. The maximum Gasteiger partial charge on any atom is 0.263 e. The van der Waals surface area contributed by atoms with Crippen LogP contribution in [0.3, 0.4) is 0 Å². The number of nitrogens with zero attached hydrogens (tertiary/aromatic N) is 1. The van der Waals surface area contributed by atoms with E-state index >= 15 is 0 Å². The lowest BCUT2D eigenvalue weighted by atomic mass is 9.94. The fourth-order valence-electron chi connectivity index (χ4n) is 2.15. The van der Waals surface area contributed by atoms with Gasteiger partial charge in [-0.2, -0.15) is 0 Å². The van der Waals surface area contributed by atoms with E-state index in [1.165, 1.54) is 11.3 Å². The van der Waals surface area contributed by atoms with Crippen molar-refractivity contribution in [2.45, 2.75) is 46.1 Å². The van der Waals surface area contributed by atoms with Gasteiger partial charge in [0.05, 0.1) is 16.2 Å². The summed E-state index contributed by atoms with van der Waals surface area (Å²) in [5, 5.41) is 4.12. The monoisotopic (exact) mass is 380 g/mol. The van der Waals surface area contributed by atoms with Gasteiger partial charge in [-0.25, -0.2) is 4.98 Å². The van der Waals surface area contributed by atoms with Gasteiger partial charge in [0, 0.05) is 10.4 Å². The number of carbonyl (C=O) groups is 1. The van der Waals surface area contributed by atoms with E-state index < -0.39 is 5.54 Å². The summed E-state index contributed by atoms with van der Waals surface area (Å²) in [6.07, 6.45) is 0. The van der Waals surface area contributed by atoms with Crippen LogP contribution < -0.4 is 5.32 Å². The number of hydrogen-bond acceptors (Lipinski definition) is 3. The Kier molecular flexibility index (Phi) is 5.07. The molecule has 0 aliphatic carbocycles. The van der Waals surface area contributed by atoms with Crippen molar-refractivity contribution in [3.63, 3.8) is 0 Å². The highest BCUT2D eigenvalue weighted by Gasteiger charge is 2.26. The second kappa shape index (κ2) is 6.50. The van der Waals surface area contributed by atoms with Crippen molar-refractivity contribution in [2.24, 2.45) is 0 Å². The third kappa shape index (κ3) is 3.76. The van der Waals surface area contributed by atoms with Gasteiger partial charge < -0.3 is 5.32 Å². The highest BCUT2D eigenvalue weighted by atomic mass is 79.9. The molecule has 2 aromatic rings. The van der Waals surface area contributed by atoms with Crippen LogP contribution in [0.1, 0.15) is 59.5 Å². The molecule has 3 nitrogen and oxygen atoms in total. The summed E-state index contributed by atoms with van der Waals surface area (Å²) in [4.78, 5) is 17.8. The molecule has 1 aromatic heterocycles. The average molecular weight is 381 g/mol. The number of aryl methyl sites for hydroxylation is 1. The van der Waals surface area contributed by atoms with Crippen LogP contribution in [0.2, 0.25) is 0 Å². The van der Waals surface area contributed by atoms with Crippen molar-refractivity contribution in [3.8, 4) is 0 Å². The Morgan fingerprint density at radius 2 is 1.86 bits per heavy atom. The van der Waals surface area contributed by atoms with Crippen molar-refractivity contribution in [3.05, 3.63) is 49.9 Å². The minimum Gasteiger partial charge on any atom is -0.342 e. The first-order chi connectivity index (χ1) is 10.2. The molecule has 5 heteroatoms. The highest BCUT2D eigenvalue weighted by Crippen LogP contribution is 2.27. The minimum absolute atomic E-state index is 0.0604. The second-order valence-corrected chi connectivity index (χ2v) is 8.15. The average Bonchev–Trinajstić information content (AvgIpc) is 2.81. The quantitative estimate of drug-likeness (QED) is 0.810. The van der Waals surface area contributed by atoms with Crippen molar-refractivity contribution in [2.75, 3.05) is 0 Å². The summed E-state index contributed by atoms with van der Waals surface area (Å²) < 4.78 is 1.03. The summed E-state index contributed by atoms with van der Waals surface area (Å²) >= 11 is 4.91. The molecule has 0 spiro atoms. The van der Waals surface area contributed by atoms with Crippen LogP contribution in [0.4, 0.5) is 0 Å². The van der Waals surface area contributed by atoms with E-state index in [-0.39, 0.29) is 5.91 Å². The number of benzene rings is 1. The Balaban J connectivity index is 2.22. The Morgan fingerprint density at radius 3 is 2.36 bits per heavy atom. The molecule has 1 aromatic carbocycles. The number of halogens is 1. The number of nitrogens with one attached hydrogen (secondary N) is 1. The standard InChI is InChI=1S/C17H21BrN2OS/c1-10(2)16-19-11(3)14(22-16)15(21)20-17(4,5)12-6-8-13(18)9-7-12/h6-10H,1-5H3,(H,20,21). The normalized spacial score (nSPS) is 11.8. The highest BCUT2D eigenvalue weighted by molar-refractivity contribution is 9.10. The molecule has 0 fully saturated rings. The van der Waals surface area contributed by atoms with Crippen molar-refractivity contribution < 1.29 is 4.79 Å². The third-order valence-electron chi connectivity index (χ3n) is 3.51. The van der Waals surface area contributed by atoms with Crippen LogP contribution in [-0.2, 0) is 5.54 Å². The molecule has 118 valence electrons. The Bertz CT molecular complexity index is 674.